The predicted molar refractivity (Wildman–Crippen MR) is 82.0 cm³/mol. The Hall–Kier alpha value is -1.55. The summed E-state index contributed by atoms with van der Waals surface area (Å²) in [6.45, 7) is 10.1. The molecule has 0 aliphatic heterocycles. The van der Waals surface area contributed by atoms with Crippen molar-refractivity contribution in [2.24, 2.45) is 5.92 Å². The third-order valence-electron chi connectivity index (χ3n) is 3.65. The first-order chi connectivity index (χ1) is 9.58. The van der Waals surface area contributed by atoms with Crippen LogP contribution in [0.25, 0.3) is 11.1 Å². The summed E-state index contributed by atoms with van der Waals surface area (Å²) in [5.41, 5.74) is 2.73. The van der Waals surface area contributed by atoms with E-state index in [4.69, 9.17) is 4.42 Å². The Morgan fingerprint density at radius 1 is 1.30 bits per heavy atom. The minimum absolute atomic E-state index is 0.276. The fourth-order valence-electron chi connectivity index (χ4n) is 2.61. The first-order valence-corrected chi connectivity index (χ1v) is 7.45. The fourth-order valence-corrected chi connectivity index (χ4v) is 2.61. The van der Waals surface area contributed by atoms with E-state index in [2.05, 4.69) is 32.2 Å². The van der Waals surface area contributed by atoms with Crippen molar-refractivity contribution in [2.45, 2.75) is 46.7 Å². The van der Waals surface area contributed by atoms with Gasteiger partial charge in [0, 0.05) is 12.6 Å². The van der Waals surface area contributed by atoms with Gasteiger partial charge >= 0.3 is 5.76 Å². The lowest BCUT2D eigenvalue weighted by atomic mass is 9.95. The van der Waals surface area contributed by atoms with Gasteiger partial charge in [-0.25, -0.2) is 4.79 Å². The fraction of sp³-hybridized carbons (Fsp3) is 0.562. The minimum Gasteiger partial charge on any atom is -0.408 e. The zero-order chi connectivity index (χ0) is 14.7. The smallest absolute Gasteiger partial charge is 0.408 e. The molecule has 1 aromatic carbocycles. The summed E-state index contributed by atoms with van der Waals surface area (Å²) in [6.07, 6.45) is 1.10. The number of rotatable bonds is 6. The topological polar surface area (TPSA) is 47.2 Å². The van der Waals surface area contributed by atoms with Gasteiger partial charge in [0.2, 0.25) is 0 Å². The van der Waals surface area contributed by atoms with Crippen molar-refractivity contribution in [3.05, 3.63) is 34.3 Å². The van der Waals surface area contributed by atoms with E-state index in [0.29, 0.717) is 18.0 Å². The summed E-state index contributed by atoms with van der Waals surface area (Å²) < 4.78 is 7.00. The van der Waals surface area contributed by atoms with Gasteiger partial charge in [-0.3, -0.25) is 4.57 Å². The molecule has 1 aromatic heterocycles. The van der Waals surface area contributed by atoms with Crippen LogP contribution >= 0.6 is 0 Å². The highest BCUT2D eigenvalue weighted by atomic mass is 16.4. The van der Waals surface area contributed by atoms with Crippen molar-refractivity contribution >= 4 is 11.1 Å². The number of oxazole rings is 1. The van der Waals surface area contributed by atoms with Crippen LogP contribution in [0.15, 0.2) is 27.4 Å². The molecule has 1 N–H and O–H groups in total. The molecule has 1 unspecified atom stereocenters. The molecule has 4 nitrogen and oxygen atoms in total. The second kappa shape index (κ2) is 6.27. The number of benzene rings is 1. The molecule has 0 spiro atoms. The lowest BCUT2D eigenvalue weighted by Gasteiger charge is -2.22. The van der Waals surface area contributed by atoms with Crippen molar-refractivity contribution in [2.75, 3.05) is 6.54 Å². The van der Waals surface area contributed by atoms with Crippen molar-refractivity contribution in [1.29, 1.82) is 0 Å². The van der Waals surface area contributed by atoms with Gasteiger partial charge in [0.1, 0.15) is 0 Å². The highest BCUT2D eigenvalue weighted by Gasteiger charge is 2.17. The van der Waals surface area contributed by atoms with Crippen LogP contribution in [0.1, 0.15) is 45.7 Å². The summed E-state index contributed by atoms with van der Waals surface area (Å²) in [5, 5.41) is 3.56. The van der Waals surface area contributed by atoms with E-state index in [1.54, 1.807) is 4.57 Å². The largest absolute Gasteiger partial charge is 0.419 e. The van der Waals surface area contributed by atoms with E-state index < -0.39 is 0 Å². The summed E-state index contributed by atoms with van der Waals surface area (Å²) in [6, 6.07) is 6.37. The number of aromatic nitrogens is 1. The maximum absolute atomic E-state index is 11.7. The van der Waals surface area contributed by atoms with Crippen molar-refractivity contribution in [1.82, 2.24) is 9.88 Å². The second-order valence-electron chi connectivity index (χ2n) is 5.52. The molecule has 1 heterocycles. The average molecular weight is 276 g/mol. The summed E-state index contributed by atoms with van der Waals surface area (Å²) in [7, 11) is 0. The molecule has 0 saturated heterocycles. The lowest BCUT2D eigenvalue weighted by Crippen LogP contribution is -2.26. The van der Waals surface area contributed by atoms with Gasteiger partial charge in [-0.05, 0) is 43.5 Å². The minimum atomic E-state index is -0.276. The van der Waals surface area contributed by atoms with Crippen LogP contribution < -0.4 is 11.1 Å². The Morgan fingerprint density at radius 3 is 2.65 bits per heavy atom. The number of aryl methyl sites for hydroxylation is 1. The average Bonchev–Trinajstić information content (AvgIpc) is 2.73. The first kappa shape index (κ1) is 14.9. The van der Waals surface area contributed by atoms with Crippen molar-refractivity contribution in [3.8, 4) is 0 Å². The molecule has 0 aliphatic rings. The van der Waals surface area contributed by atoms with Gasteiger partial charge in [-0.15, -0.1) is 0 Å². The highest BCUT2D eigenvalue weighted by molar-refractivity contribution is 5.74. The Morgan fingerprint density at radius 2 is 2.05 bits per heavy atom. The number of hydrogen-bond donors (Lipinski definition) is 1. The Balaban J connectivity index is 2.41. The maximum Gasteiger partial charge on any atom is 0.419 e. The van der Waals surface area contributed by atoms with E-state index in [9.17, 15) is 4.79 Å². The van der Waals surface area contributed by atoms with Gasteiger partial charge in [-0.2, -0.15) is 0 Å². The molecule has 0 radical (unpaired) electrons. The SMILES string of the molecule is CCCNC(c1ccc2c(c1)oc(=O)n2CC)C(C)C. The molecular weight excluding hydrogens is 252 g/mol. The van der Waals surface area contributed by atoms with Crippen LogP contribution in [0, 0.1) is 5.92 Å². The molecule has 2 rings (SSSR count). The van der Waals surface area contributed by atoms with Gasteiger partial charge in [0.25, 0.3) is 0 Å². The molecule has 0 aliphatic carbocycles. The van der Waals surface area contributed by atoms with Crippen LogP contribution in [0.2, 0.25) is 0 Å². The van der Waals surface area contributed by atoms with E-state index >= 15 is 0 Å². The Bertz CT molecular complexity index is 625. The van der Waals surface area contributed by atoms with E-state index in [0.717, 1.165) is 18.5 Å². The van der Waals surface area contributed by atoms with Crippen LogP contribution in [0.5, 0.6) is 0 Å². The molecule has 0 fully saturated rings. The van der Waals surface area contributed by atoms with E-state index in [-0.39, 0.29) is 11.8 Å². The third-order valence-corrected chi connectivity index (χ3v) is 3.65. The maximum atomic E-state index is 11.7. The standard InChI is InChI=1S/C16H24N2O2/c1-5-9-17-15(11(3)4)12-7-8-13-14(10-12)20-16(19)18(13)6-2/h7-8,10-11,15,17H,5-6,9H2,1-4H3. The van der Waals surface area contributed by atoms with Gasteiger partial charge < -0.3 is 9.73 Å². The molecule has 4 heteroatoms. The monoisotopic (exact) mass is 276 g/mol. The molecule has 0 bridgehead atoms. The molecular formula is C16H24N2O2. The second-order valence-corrected chi connectivity index (χ2v) is 5.52. The quantitative estimate of drug-likeness (QED) is 0.880. The summed E-state index contributed by atoms with van der Waals surface area (Å²) in [5.74, 6) is 0.209. The van der Waals surface area contributed by atoms with Crippen molar-refractivity contribution in [3.63, 3.8) is 0 Å². The number of hydrogen-bond acceptors (Lipinski definition) is 3. The third kappa shape index (κ3) is 2.80. The Labute approximate surface area is 119 Å². The number of fused-ring (bicyclic) bond motifs is 1. The molecule has 110 valence electrons. The molecule has 1 atom stereocenters. The summed E-state index contributed by atoms with van der Waals surface area (Å²) >= 11 is 0. The van der Waals surface area contributed by atoms with Crippen LogP contribution in [0.4, 0.5) is 0 Å². The van der Waals surface area contributed by atoms with Crippen molar-refractivity contribution < 1.29 is 4.42 Å². The van der Waals surface area contributed by atoms with Gasteiger partial charge in [0.15, 0.2) is 5.58 Å². The number of nitrogens with one attached hydrogen (secondary N) is 1. The van der Waals surface area contributed by atoms with Crippen LogP contribution in [0.3, 0.4) is 0 Å². The van der Waals surface area contributed by atoms with Gasteiger partial charge in [-0.1, -0.05) is 26.8 Å². The zero-order valence-electron chi connectivity index (χ0n) is 12.8. The van der Waals surface area contributed by atoms with Crippen LogP contribution in [-0.2, 0) is 6.54 Å². The van der Waals surface area contributed by atoms with Crippen LogP contribution in [-0.4, -0.2) is 11.1 Å². The zero-order valence-corrected chi connectivity index (χ0v) is 12.8. The predicted octanol–water partition coefficient (Wildman–Crippen LogP) is 3.31. The normalized spacial score (nSPS) is 13.2. The molecule has 20 heavy (non-hydrogen) atoms. The van der Waals surface area contributed by atoms with E-state index in [1.807, 2.05) is 19.1 Å². The lowest BCUT2D eigenvalue weighted by molar-refractivity contribution is 0.412. The molecule has 2 aromatic rings. The Kier molecular flexibility index (Phi) is 4.65. The van der Waals surface area contributed by atoms with E-state index in [1.165, 1.54) is 5.56 Å². The molecule has 0 amide bonds. The number of nitrogens with zero attached hydrogens (tertiary/aromatic N) is 1. The first-order valence-electron chi connectivity index (χ1n) is 7.45. The highest BCUT2D eigenvalue weighted by Crippen LogP contribution is 2.25. The summed E-state index contributed by atoms with van der Waals surface area (Å²) in [4.78, 5) is 11.7. The molecule has 0 saturated carbocycles. The van der Waals surface area contributed by atoms with Gasteiger partial charge in [0.05, 0.1) is 5.52 Å².